The minimum Gasteiger partial charge on any atom is -0.497 e. The van der Waals surface area contributed by atoms with Crippen molar-refractivity contribution in [1.82, 2.24) is 9.80 Å². The highest BCUT2D eigenvalue weighted by molar-refractivity contribution is 6.08. The van der Waals surface area contributed by atoms with Gasteiger partial charge in [0.1, 0.15) is 18.2 Å². The van der Waals surface area contributed by atoms with Gasteiger partial charge in [-0.2, -0.15) is 4.99 Å². The van der Waals surface area contributed by atoms with Crippen LogP contribution in [0.5, 0.6) is 5.75 Å². The monoisotopic (exact) mass is 549 g/mol. The van der Waals surface area contributed by atoms with Crippen LogP contribution in [0.4, 0.5) is 9.18 Å². The van der Waals surface area contributed by atoms with E-state index in [1.54, 1.807) is 25.1 Å². The molecule has 8 heteroatoms. The number of carbonyl (C=O) groups is 2. The van der Waals surface area contributed by atoms with Crippen molar-refractivity contribution in [3.05, 3.63) is 143 Å². The summed E-state index contributed by atoms with van der Waals surface area (Å²) < 4.78 is 25.6. The second kappa shape index (κ2) is 12.3. The highest BCUT2D eigenvalue weighted by Gasteiger charge is 2.44. The number of benzene rings is 4. The molecule has 1 atom stereocenters. The quantitative estimate of drug-likeness (QED) is 0.268. The second-order valence-corrected chi connectivity index (χ2v) is 9.34. The first-order chi connectivity index (χ1) is 20.0. The van der Waals surface area contributed by atoms with E-state index in [0.717, 1.165) is 16.7 Å². The third kappa shape index (κ3) is 6.01. The minimum absolute atomic E-state index is 0.0133. The molecule has 2 amide bonds. The lowest BCUT2D eigenvalue weighted by Gasteiger charge is -2.21. The molecule has 41 heavy (non-hydrogen) atoms. The van der Waals surface area contributed by atoms with Crippen LogP contribution in [0.25, 0.3) is 6.08 Å². The lowest BCUT2D eigenvalue weighted by Crippen LogP contribution is -2.37. The molecule has 5 rings (SSSR count). The fourth-order valence-corrected chi connectivity index (χ4v) is 4.64. The highest BCUT2D eigenvalue weighted by Crippen LogP contribution is 2.40. The van der Waals surface area contributed by atoms with Crippen molar-refractivity contribution in [2.24, 2.45) is 4.99 Å². The first kappa shape index (κ1) is 27.3. The van der Waals surface area contributed by atoms with Gasteiger partial charge in [0.25, 0.3) is 5.91 Å². The molecule has 0 bridgehead atoms. The molecule has 206 valence electrons. The Labute approximate surface area is 237 Å². The van der Waals surface area contributed by atoms with Gasteiger partial charge in [-0.3, -0.25) is 4.79 Å². The lowest BCUT2D eigenvalue weighted by molar-refractivity contribution is 0.0995. The van der Waals surface area contributed by atoms with Crippen LogP contribution in [0.3, 0.4) is 0 Å². The van der Waals surface area contributed by atoms with Gasteiger partial charge in [-0.15, -0.1) is 0 Å². The van der Waals surface area contributed by atoms with E-state index in [1.165, 1.54) is 23.1 Å². The van der Waals surface area contributed by atoms with Gasteiger partial charge in [-0.05, 0) is 47.0 Å². The maximum Gasteiger partial charge on any atom is 0.421 e. The molecule has 1 aliphatic rings. The summed E-state index contributed by atoms with van der Waals surface area (Å²) >= 11 is 0. The molecular weight excluding hydrogens is 521 g/mol. The van der Waals surface area contributed by atoms with Crippen LogP contribution in [-0.2, 0) is 11.3 Å². The molecular formula is C33H28FN3O4. The Morgan fingerprint density at radius 1 is 0.878 bits per heavy atom. The van der Waals surface area contributed by atoms with Crippen molar-refractivity contribution < 1.29 is 23.5 Å². The largest absolute Gasteiger partial charge is 0.497 e. The first-order valence-electron chi connectivity index (χ1n) is 13.0. The zero-order chi connectivity index (χ0) is 28.8. The summed E-state index contributed by atoms with van der Waals surface area (Å²) in [5.41, 5.74) is 2.76. The van der Waals surface area contributed by atoms with Crippen LogP contribution in [0.2, 0.25) is 0 Å². The fraction of sp³-hybridized carbons (Fsp3) is 0.121. The van der Waals surface area contributed by atoms with Gasteiger partial charge in [0.2, 0.25) is 5.96 Å². The zero-order valence-electron chi connectivity index (χ0n) is 22.6. The number of methoxy groups -OCH3 is 1. The van der Waals surface area contributed by atoms with Gasteiger partial charge in [-0.25, -0.2) is 14.1 Å². The van der Waals surface area contributed by atoms with Crippen LogP contribution in [0, 0.1) is 5.82 Å². The summed E-state index contributed by atoms with van der Waals surface area (Å²) in [5, 5.41) is 0. The van der Waals surface area contributed by atoms with Crippen molar-refractivity contribution >= 4 is 24.0 Å². The van der Waals surface area contributed by atoms with Gasteiger partial charge in [0.05, 0.1) is 24.4 Å². The summed E-state index contributed by atoms with van der Waals surface area (Å²) in [6.07, 6.45) is 1.13. The summed E-state index contributed by atoms with van der Waals surface area (Å²) in [4.78, 5) is 34.3. The van der Waals surface area contributed by atoms with Crippen molar-refractivity contribution in [1.29, 1.82) is 0 Å². The van der Waals surface area contributed by atoms with Gasteiger partial charge >= 0.3 is 6.09 Å². The number of rotatable bonds is 6. The molecule has 1 saturated heterocycles. The number of hydrogen-bond acceptors (Lipinski definition) is 4. The maximum atomic E-state index is 14.5. The van der Waals surface area contributed by atoms with Crippen LogP contribution in [0.1, 0.15) is 33.1 Å². The van der Waals surface area contributed by atoms with Gasteiger partial charge in [0, 0.05) is 7.05 Å². The Balaban J connectivity index is 1.63. The smallest absolute Gasteiger partial charge is 0.421 e. The van der Waals surface area contributed by atoms with E-state index < -0.39 is 23.9 Å². The molecule has 1 aliphatic heterocycles. The Hall–Kier alpha value is -5.24. The van der Waals surface area contributed by atoms with Crippen molar-refractivity contribution in [3.63, 3.8) is 0 Å². The normalized spacial score (nSPS) is 16.7. The third-order valence-corrected chi connectivity index (χ3v) is 6.68. The number of nitrogens with zero attached hydrogens (tertiary/aromatic N) is 3. The predicted molar refractivity (Wildman–Crippen MR) is 155 cm³/mol. The molecule has 0 aromatic heterocycles. The second-order valence-electron chi connectivity index (χ2n) is 9.34. The van der Waals surface area contributed by atoms with Crippen LogP contribution >= 0.6 is 0 Å². The van der Waals surface area contributed by atoms with E-state index in [0.29, 0.717) is 11.4 Å². The molecule has 1 heterocycles. The van der Waals surface area contributed by atoms with Gasteiger partial charge < -0.3 is 14.4 Å². The van der Waals surface area contributed by atoms with Crippen LogP contribution < -0.4 is 4.74 Å². The van der Waals surface area contributed by atoms with Crippen molar-refractivity contribution in [2.75, 3.05) is 14.2 Å². The molecule has 1 unspecified atom stereocenters. The van der Waals surface area contributed by atoms with E-state index in [2.05, 4.69) is 4.99 Å². The summed E-state index contributed by atoms with van der Waals surface area (Å²) in [6, 6.07) is 31.3. The SMILES string of the molecule is COc1ccc(C2/C(=C/c3ccccc3)N(C(=O)OCc3ccccc3)/C(=N\C(=O)c3ccccc3F)N2C)cc1. The molecule has 0 radical (unpaired) electrons. The van der Waals surface area contributed by atoms with E-state index >= 15 is 0 Å². The number of hydrogen-bond donors (Lipinski definition) is 0. The summed E-state index contributed by atoms with van der Waals surface area (Å²) in [7, 11) is 3.31. The first-order valence-corrected chi connectivity index (χ1v) is 13.0. The molecule has 0 N–H and O–H groups in total. The number of halogens is 1. The minimum atomic E-state index is -0.819. The Kier molecular flexibility index (Phi) is 8.20. The molecule has 4 aromatic rings. The molecule has 1 fully saturated rings. The Bertz CT molecular complexity index is 1590. The highest BCUT2D eigenvalue weighted by atomic mass is 19.1. The summed E-state index contributed by atoms with van der Waals surface area (Å²) in [6.45, 7) is 0.0141. The predicted octanol–water partition coefficient (Wildman–Crippen LogP) is 6.70. The van der Waals surface area contributed by atoms with Crippen molar-refractivity contribution in [3.8, 4) is 5.75 Å². The van der Waals surface area contributed by atoms with Crippen LogP contribution in [0.15, 0.2) is 120 Å². The number of guanidine groups is 1. The van der Waals surface area contributed by atoms with Crippen molar-refractivity contribution in [2.45, 2.75) is 12.6 Å². The molecule has 0 saturated carbocycles. The third-order valence-electron chi connectivity index (χ3n) is 6.68. The molecule has 7 nitrogen and oxygen atoms in total. The standard InChI is InChI=1S/C33H28FN3O4/c1-36-30(25-17-19-26(40-2)20-18-25)29(21-23-11-5-3-6-12-23)37(33(39)41-22-24-13-7-4-8-14-24)32(36)35-31(38)27-15-9-10-16-28(27)34/h3-21,30H,22H2,1-2H3/b29-21-,35-32-. The topological polar surface area (TPSA) is 71.4 Å². The fourth-order valence-electron chi connectivity index (χ4n) is 4.64. The molecule has 4 aromatic carbocycles. The number of aliphatic imine (C=N–C) groups is 1. The van der Waals surface area contributed by atoms with Gasteiger partial charge in [0.15, 0.2) is 0 Å². The zero-order valence-corrected chi connectivity index (χ0v) is 22.6. The van der Waals surface area contributed by atoms with E-state index in [4.69, 9.17) is 9.47 Å². The van der Waals surface area contributed by atoms with E-state index in [1.807, 2.05) is 91.0 Å². The van der Waals surface area contributed by atoms with Crippen LogP contribution in [-0.4, -0.2) is 41.9 Å². The summed E-state index contributed by atoms with van der Waals surface area (Å²) in [5.74, 6) is -0.835. The number of likely N-dealkylation sites (N-methyl/N-ethyl adjacent to an activating group) is 1. The van der Waals surface area contributed by atoms with E-state index in [-0.39, 0.29) is 18.1 Å². The Morgan fingerprint density at radius 2 is 1.51 bits per heavy atom. The average molecular weight is 550 g/mol. The number of amides is 2. The Morgan fingerprint density at radius 3 is 2.17 bits per heavy atom. The van der Waals surface area contributed by atoms with E-state index in [9.17, 15) is 14.0 Å². The number of ether oxygens (including phenoxy) is 2. The maximum absolute atomic E-state index is 14.5. The average Bonchev–Trinajstić information content (AvgIpc) is 3.27. The molecule has 0 spiro atoms. The molecule has 0 aliphatic carbocycles. The number of carbonyl (C=O) groups excluding carboxylic acids is 2. The lowest BCUT2D eigenvalue weighted by atomic mass is 10.0. The van der Waals surface area contributed by atoms with Gasteiger partial charge in [-0.1, -0.05) is 84.9 Å².